The Morgan fingerprint density at radius 1 is 0.710 bits per heavy atom. The summed E-state index contributed by atoms with van der Waals surface area (Å²) in [5.41, 5.74) is -0.809. The maximum atomic E-state index is 12.6. The number of ether oxygens (including phenoxy) is 10. The maximum Gasteiger partial charge on any atom is 0.331 e. The Hall–Kier alpha value is -1.96. The molecule has 0 unspecified atom stereocenters. The molecule has 0 radical (unpaired) electrons. The van der Waals surface area contributed by atoms with Crippen molar-refractivity contribution in [2.75, 3.05) is 13.2 Å². The Kier molecular flexibility index (Phi) is 15.1. The van der Waals surface area contributed by atoms with Crippen LogP contribution in [0.2, 0.25) is 0 Å². The van der Waals surface area contributed by atoms with E-state index >= 15 is 0 Å². The smallest absolute Gasteiger partial charge is 0.331 e. The first-order valence-corrected chi connectivity index (χ1v) is 25.3. The molecule has 4 saturated carbocycles. The molecule has 5 heterocycles. The molecule has 0 aromatic heterocycles. The van der Waals surface area contributed by atoms with Gasteiger partial charge in [-0.1, -0.05) is 13.8 Å². The molecule has 26 atom stereocenters. The van der Waals surface area contributed by atoms with Crippen LogP contribution in [0.5, 0.6) is 0 Å². The molecular formula is C49H76O20. The van der Waals surface area contributed by atoms with E-state index in [0.29, 0.717) is 18.3 Å². The maximum absolute atomic E-state index is 12.6. The van der Waals surface area contributed by atoms with Crippen molar-refractivity contribution in [3.05, 3.63) is 11.6 Å². The lowest BCUT2D eigenvalue weighted by Gasteiger charge is -2.63. The largest absolute Gasteiger partial charge is 0.459 e. The van der Waals surface area contributed by atoms with Crippen LogP contribution in [0.15, 0.2) is 11.6 Å². The van der Waals surface area contributed by atoms with Crippen LogP contribution in [-0.4, -0.2) is 188 Å². The molecule has 0 aromatic carbocycles. The second-order valence-corrected chi connectivity index (χ2v) is 22.3. The van der Waals surface area contributed by atoms with Gasteiger partial charge < -0.3 is 88.2 Å². The number of fused-ring (bicyclic) bond motifs is 5. The van der Waals surface area contributed by atoms with Crippen LogP contribution in [0.4, 0.5) is 0 Å². The first-order valence-electron chi connectivity index (χ1n) is 25.3. The Morgan fingerprint density at radius 2 is 1.33 bits per heavy atom. The van der Waals surface area contributed by atoms with Gasteiger partial charge in [0.05, 0.1) is 54.9 Å². The van der Waals surface area contributed by atoms with E-state index in [9.17, 15) is 50.4 Å². The van der Waals surface area contributed by atoms with E-state index in [1.54, 1.807) is 13.8 Å². The first-order chi connectivity index (χ1) is 32.6. The molecule has 0 amide bonds. The van der Waals surface area contributed by atoms with Crippen LogP contribution in [0, 0.1) is 34.5 Å². The Labute approximate surface area is 402 Å². The predicted octanol–water partition coefficient (Wildman–Crippen LogP) is 0.613. The van der Waals surface area contributed by atoms with Crippen LogP contribution < -0.4 is 0 Å². The van der Waals surface area contributed by atoms with Gasteiger partial charge in [-0.3, -0.25) is 4.79 Å². The van der Waals surface area contributed by atoms with Crippen molar-refractivity contribution in [1.29, 1.82) is 0 Å². The minimum atomic E-state index is -1.68. The van der Waals surface area contributed by atoms with Gasteiger partial charge in [-0.2, -0.15) is 0 Å². The van der Waals surface area contributed by atoms with Gasteiger partial charge in [0.25, 0.3) is 0 Å². The molecule has 0 aromatic rings. The van der Waals surface area contributed by atoms with Crippen molar-refractivity contribution in [3.63, 3.8) is 0 Å². The molecule has 5 aliphatic heterocycles. The number of carbonyl (C=O) groups is 2. The van der Waals surface area contributed by atoms with Crippen molar-refractivity contribution in [1.82, 2.24) is 0 Å². The van der Waals surface area contributed by atoms with Crippen molar-refractivity contribution < 1.29 is 97.8 Å². The molecule has 9 aliphatic rings. The molecule has 4 aliphatic carbocycles. The highest BCUT2D eigenvalue weighted by atomic mass is 16.8. The lowest BCUT2D eigenvalue weighted by Crippen LogP contribution is -2.62. The summed E-state index contributed by atoms with van der Waals surface area (Å²) in [6.45, 7) is 10.4. The molecular weight excluding hydrogens is 909 g/mol. The Morgan fingerprint density at radius 3 is 1.93 bits per heavy atom. The number of hydrogen-bond acceptors (Lipinski definition) is 20. The van der Waals surface area contributed by atoms with E-state index in [1.165, 1.54) is 13.0 Å². The number of hydrogen-bond donors (Lipinski definition) is 8. The van der Waals surface area contributed by atoms with Gasteiger partial charge in [-0.15, -0.1) is 0 Å². The molecule has 20 nitrogen and oxygen atoms in total. The normalized spacial score (nSPS) is 53.3. The first kappa shape index (κ1) is 51.9. The summed E-state index contributed by atoms with van der Waals surface area (Å²) in [4.78, 5) is 24.2. The minimum Gasteiger partial charge on any atom is -0.459 e. The van der Waals surface area contributed by atoms with Crippen LogP contribution in [0.3, 0.4) is 0 Å². The third-order valence-corrected chi connectivity index (χ3v) is 18.2. The molecule has 69 heavy (non-hydrogen) atoms. The van der Waals surface area contributed by atoms with E-state index < -0.39 is 134 Å². The Bertz CT molecular complexity index is 1850. The van der Waals surface area contributed by atoms with Gasteiger partial charge in [0, 0.05) is 50.0 Å². The second-order valence-electron chi connectivity index (χ2n) is 22.3. The third-order valence-electron chi connectivity index (χ3n) is 18.2. The summed E-state index contributed by atoms with van der Waals surface area (Å²) < 4.78 is 60.1. The highest BCUT2D eigenvalue weighted by Gasteiger charge is 2.70. The van der Waals surface area contributed by atoms with E-state index in [0.717, 1.165) is 50.5 Å². The van der Waals surface area contributed by atoms with Crippen molar-refractivity contribution in [2.45, 2.75) is 234 Å². The summed E-state index contributed by atoms with van der Waals surface area (Å²) in [6.07, 6.45) is -10.8. The number of aliphatic hydroxyl groups is 8. The fourth-order valence-electron chi connectivity index (χ4n) is 14.7. The van der Waals surface area contributed by atoms with Crippen molar-refractivity contribution >= 4 is 11.9 Å². The topological polar surface area (TPSA) is 288 Å². The number of rotatable bonds is 11. The lowest BCUT2D eigenvalue weighted by atomic mass is 9.43. The quantitative estimate of drug-likeness (QED) is 0.104. The number of carbonyl (C=O) groups excluding carboxylic acids is 2. The average Bonchev–Trinajstić information content (AvgIpc) is 3.79. The predicted molar refractivity (Wildman–Crippen MR) is 235 cm³/mol. The van der Waals surface area contributed by atoms with Gasteiger partial charge in [0.15, 0.2) is 25.2 Å². The summed E-state index contributed by atoms with van der Waals surface area (Å²) in [5, 5.41) is 87.5. The van der Waals surface area contributed by atoms with E-state index in [1.807, 2.05) is 6.92 Å². The van der Waals surface area contributed by atoms with E-state index in [4.69, 9.17) is 47.4 Å². The summed E-state index contributed by atoms with van der Waals surface area (Å²) in [5.74, 6) is -0.609. The van der Waals surface area contributed by atoms with Crippen LogP contribution in [-0.2, 0) is 57.0 Å². The molecule has 0 spiro atoms. The zero-order chi connectivity index (χ0) is 49.5. The van der Waals surface area contributed by atoms with Gasteiger partial charge in [-0.05, 0) is 94.5 Å². The SMILES string of the molecule is CC(=O)O[C@H]1C[C@H](O[C@H]2[C@@H](O)C[C@H](O[C@H]3[C@@H](O)C[C@H](O[C@H]4CC[C@@]5(C)[C@H](CC[C@@H]6[C@H]5CC[C@]5(C)[C@@H](C7=CC(=O)OC7)[C@@H](O)C[C@]65O)C4)O[C@@H]3C)O[C@@H]2C)O[C@H](C)[C@H]1O[C@@H]1O[C@H](CO)[C@@H](O)[C@H](O)[C@H]1O. The number of esters is 2. The highest BCUT2D eigenvalue weighted by molar-refractivity contribution is 5.85. The Balaban J connectivity index is 0.749. The molecule has 20 heteroatoms. The fourth-order valence-corrected chi connectivity index (χ4v) is 14.7. The van der Waals surface area contributed by atoms with Crippen molar-refractivity contribution in [2.24, 2.45) is 34.5 Å². The molecule has 8 N–H and O–H groups in total. The monoisotopic (exact) mass is 984 g/mol. The summed E-state index contributed by atoms with van der Waals surface area (Å²) in [7, 11) is 0. The molecule has 392 valence electrons. The summed E-state index contributed by atoms with van der Waals surface area (Å²) >= 11 is 0. The van der Waals surface area contributed by atoms with Crippen LogP contribution in [0.25, 0.3) is 0 Å². The molecule has 9 rings (SSSR count). The zero-order valence-electron chi connectivity index (χ0n) is 40.5. The molecule has 4 saturated heterocycles. The average molecular weight is 985 g/mol. The summed E-state index contributed by atoms with van der Waals surface area (Å²) in [6, 6.07) is 0. The minimum absolute atomic E-state index is 0.000687. The van der Waals surface area contributed by atoms with Gasteiger partial charge in [0.2, 0.25) is 0 Å². The number of aliphatic hydroxyl groups excluding tert-OH is 7. The third kappa shape index (κ3) is 9.59. The standard InChI is InChI=1S/C49H76O20/c1-21-43(67-37-16-31(53)44(22(2)62-37)68-38-17-33(64-24(4)51)45(23(3)63-38)69-46-42(58)41(57)40(56)34(19-50)66-46)30(52)15-36(61-21)65-27-9-11-47(5)26(14-27)7-8-29-28(47)10-12-48(6)39(25-13-35(55)60-20-25)32(54)18-49(29,48)59/h13,21-23,26-34,36-46,50,52-54,56-59H,7-12,14-20H2,1-6H3/t21-,22-,23-,26-,27+,28-,29-,30+,31+,32+,33+,34-,36+,37+,38+,39+,40-,41+,42-,43-,44-,45-,46+,47+,48-,49+/m1/s1. The fraction of sp³-hybridized carbons (Fsp3) is 0.918. The van der Waals surface area contributed by atoms with Gasteiger partial charge in [-0.25, -0.2) is 4.79 Å². The van der Waals surface area contributed by atoms with Gasteiger partial charge in [0.1, 0.15) is 55.4 Å². The highest BCUT2D eigenvalue weighted by Crippen LogP contribution is 2.70. The molecule has 0 bridgehead atoms. The van der Waals surface area contributed by atoms with E-state index in [-0.39, 0.29) is 55.2 Å². The van der Waals surface area contributed by atoms with E-state index in [2.05, 4.69) is 13.8 Å². The molecule has 8 fully saturated rings. The van der Waals surface area contributed by atoms with Crippen molar-refractivity contribution in [3.8, 4) is 0 Å². The van der Waals surface area contributed by atoms with Gasteiger partial charge >= 0.3 is 11.9 Å². The lowest BCUT2D eigenvalue weighted by molar-refractivity contribution is -0.355. The van der Waals surface area contributed by atoms with Crippen LogP contribution >= 0.6 is 0 Å². The number of cyclic esters (lactones) is 1. The van der Waals surface area contributed by atoms with Crippen LogP contribution in [0.1, 0.15) is 112 Å². The second kappa shape index (κ2) is 20.0. The zero-order valence-corrected chi connectivity index (χ0v) is 40.5.